The van der Waals surface area contributed by atoms with Gasteiger partial charge in [-0.3, -0.25) is 0 Å². The van der Waals surface area contributed by atoms with Crippen LogP contribution in [-0.2, 0) is 4.74 Å². The number of carbonyl (C=O) groups excluding carboxylic acids is 1. The van der Waals surface area contributed by atoms with E-state index in [1.54, 1.807) is 38.1 Å². The van der Waals surface area contributed by atoms with E-state index in [9.17, 15) is 14.7 Å². The molecule has 0 radical (unpaired) electrons. The number of rotatable bonds is 2. The number of hydrogen-bond acceptors (Lipinski definition) is 4. The zero-order chi connectivity index (χ0) is 19.3. The summed E-state index contributed by atoms with van der Waals surface area (Å²) in [6.07, 6.45) is 0. The lowest BCUT2D eigenvalue weighted by atomic mass is 10.0. The Morgan fingerprint density at radius 3 is 1.56 bits per heavy atom. The molecule has 5 nitrogen and oxygen atoms in total. The fourth-order valence-corrected chi connectivity index (χ4v) is 2.35. The molecule has 2 aromatic carbocycles. The quantitative estimate of drug-likeness (QED) is 0.801. The lowest BCUT2D eigenvalue weighted by Crippen LogP contribution is -2.02. The predicted octanol–water partition coefficient (Wildman–Crippen LogP) is 4.11. The molecule has 0 atom stereocenters. The number of ether oxygens (including phenoxy) is 1. The zero-order valence-electron chi connectivity index (χ0n) is 15.4. The molecule has 0 spiro atoms. The van der Waals surface area contributed by atoms with Crippen LogP contribution in [0.25, 0.3) is 0 Å². The number of aromatic carboxylic acids is 1. The van der Waals surface area contributed by atoms with Crippen molar-refractivity contribution < 1.29 is 24.5 Å². The van der Waals surface area contributed by atoms with Gasteiger partial charge in [0.25, 0.3) is 0 Å². The summed E-state index contributed by atoms with van der Waals surface area (Å²) >= 11 is 0. The van der Waals surface area contributed by atoms with Crippen molar-refractivity contribution >= 4 is 11.9 Å². The fourth-order valence-electron chi connectivity index (χ4n) is 2.35. The molecule has 134 valence electrons. The highest BCUT2D eigenvalue weighted by Gasteiger charge is 2.09. The van der Waals surface area contributed by atoms with Gasteiger partial charge in [0.1, 0.15) is 5.75 Å². The van der Waals surface area contributed by atoms with Gasteiger partial charge in [0.05, 0.1) is 18.2 Å². The molecule has 0 aliphatic carbocycles. The standard InChI is InChI=1S/C10H12O3.C10H12O2/c1-6-4-8(10(12)13-3)5-7(2)9(6)11;1-6-4-9(10(11)12)5-7(2)8(6)3/h4-5,11H,1-3H3;4-5H,1-3H3,(H,11,12). The molecule has 0 aromatic heterocycles. The summed E-state index contributed by atoms with van der Waals surface area (Å²) in [6.45, 7) is 9.34. The first kappa shape index (κ1) is 20.2. The first-order chi connectivity index (χ1) is 11.6. The summed E-state index contributed by atoms with van der Waals surface area (Å²) in [4.78, 5) is 21.7. The number of esters is 1. The molecule has 0 heterocycles. The van der Waals surface area contributed by atoms with Gasteiger partial charge in [-0.15, -0.1) is 0 Å². The molecular weight excluding hydrogens is 320 g/mol. The minimum atomic E-state index is -0.860. The van der Waals surface area contributed by atoms with Crippen LogP contribution in [0, 0.1) is 34.6 Å². The molecule has 25 heavy (non-hydrogen) atoms. The Morgan fingerprint density at radius 1 is 0.800 bits per heavy atom. The number of hydrogen-bond donors (Lipinski definition) is 2. The van der Waals surface area contributed by atoms with Gasteiger partial charge in [0.15, 0.2) is 0 Å². The van der Waals surface area contributed by atoms with Crippen molar-refractivity contribution in [3.8, 4) is 5.75 Å². The topological polar surface area (TPSA) is 83.8 Å². The predicted molar refractivity (Wildman–Crippen MR) is 96.5 cm³/mol. The number of carbonyl (C=O) groups is 2. The minimum absolute atomic E-state index is 0.229. The van der Waals surface area contributed by atoms with Crippen molar-refractivity contribution in [3.63, 3.8) is 0 Å². The number of carboxylic acid groups (broad SMARTS) is 1. The Kier molecular flexibility index (Phi) is 6.74. The average molecular weight is 344 g/mol. The summed E-state index contributed by atoms with van der Waals surface area (Å²) < 4.78 is 4.57. The van der Waals surface area contributed by atoms with Crippen LogP contribution in [-0.4, -0.2) is 29.3 Å². The lowest BCUT2D eigenvalue weighted by Gasteiger charge is -2.05. The van der Waals surface area contributed by atoms with Gasteiger partial charge in [0, 0.05) is 0 Å². The Morgan fingerprint density at radius 2 is 1.20 bits per heavy atom. The van der Waals surface area contributed by atoms with E-state index < -0.39 is 5.97 Å². The first-order valence-electron chi connectivity index (χ1n) is 7.78. The maximum absolute atomic E-state index is 11.1. The number of aromatic hydroxyl groups is 1. The molecule has 0 saturated heterocycles. The van der Waals surface area contributed by atoms with Crippen LogP contribution in [0.15, 0.2) is 24.3 Å². The van der Waals surface area contributed by atoms with E-state index in [1.165, 1.54) is 12.7 Å². The highest BCUT2D eigenvalue weighted by Crippen LogP contribution is 2.23. The van der Waals surface area contributed by atoms with Crippen molar-refractivity contribution in [2.24, 2.45) is 0 Å². The zero-order valence-corrected chi connectivity index (χ0v) is 15.4. The average Bonchev–Trinajstić information content (AvgIpc) is 2.56. The molecule has 2 rings (SSSR count). The normalized spacial score (nSPS) is 9.84. The van der Waals surface area contributed by atoms with Crippen molar-refractivity contribution in [2.75, 3.05) is 7.11 Å². The molecular formula is C20H24O5. The van der Waals surface area contributed by atoms with Gasteiger partial charge < -0.3 is 14.9 Å². The van der Waals surface area contributed by atoms with Crippen LogP contribution in [0.2, 0.25) is 0 Å². The second-order valence-corrected chi connectivity index (χ2v) is 5.99. The second-order valence-electron chi connectivity index (χ2n) is 5.99. The number of methoxy groups -OCH3 is 1. The van der Waals surface area contributed by atoms with Gasteiger partial charge in [0.2, 0.25) is 0 Å². The van der Waals surface area contributed by atoms with E-state index in [2.05, 4.69) is 4.74 Å². The van der Waals surface area contributed by atoms with Crippen LogP contribution < -0.4 is 0 Å². The number of phenolic OH excluding ortho intramolecular Hbond substituents is 1. The fraction of sp³-hybridized carbons (Fsp3) is 0.300. The van der Waals surface area contributed by atoms with Gasteiger partial charge in [-0.2, -0.15) is 0 Å². The monoisotopic (exact) mass is 344 g/mol. The number of aryl methyl sites for hydroxylation is 4. The van der Waals surface area contributed by atoms with E-state index in [1.807, 2.05) is 20.8 Å². The van der Waals surface area contributed by atoms with E-state index in [4.69, 9.17) is 5.11 Å². The van der Waals surface area contributed by atoms with Crippen LogP contribution in [0.1, 0.15) is 48.5 Å². The number of benzene rings is 2. The first-order valence-corrected chi connectivity index (χ1v) is 7.78. The molecule has 0 amide bonds. The van der Waals surface area contributed by atoms with Crippen molar-refractivity contribution in [2.45, 2.75) is 34.6 Å². The summed E-state index contributed by atoms with van der Waals surface area (Å²) in [6, 6.07) is 6.61. The van der Waals surface area contributed by atoms with Crippen molar-refractivity contribution in [1.82, 2.24) is 0 Å². The number of phenols is 1. The van der Waals surface area contributed by atoms with E-state index in [-0.39, 0.29) is 11.7 Å². The molecule has 5 heteroatoms. The highest BCUT2D eigenvalue weighted by atomic mass is 16.5. The third kappa shape index (κ3) is 5.08. The van der Waals surface area contributed by atoms with Crippen LogP contribution >= 0.6 is 0 Å². The van der Waals surface area contributed by atoms with E-state index in [0.717, 1.165) is 11.1 Å². The molecule has 2 N–H and O–H groups in total. The molecule has 0 fully saturated rings. The molecule has 0 saturated carbocycles. The van der Waals surface area contributed by atoms with Crippen molar-refractivity contribution in [1.29, 1.82) is 0 Å². The minimum Gasteiger partial charge on any atom is -0.507 e. The van der Waals surface area contributed by atoms with E-state index in [0.29, 0.717) is 22.3 Å². The summed E-state index contributed by atoms with van der Waals surface area (Å²) in [7, 11) is 1.33. The smallest absolute Gasteiger partial charge is 0.337 e. The summed E-state index contributed by atoms with van der Waals surface area (Å²) in [5, 5.41) is 18.2. The van der Waals surface area contributed by atoms with E-state index >= 15 is 0 Å². The largest absolute Gasteiger partial charge is 0.507 e. The number of carboxylic acids is 1. The van der Waals surface area contributed by atoms with Crippen LogP contribution in [0.5, 0.6) is 5.75 Å². The van der Waals surface area contributed by atoms with Crippen molar-refractivity contribution in [3.05, 3.63) is 63.2 Å². The SMILES string of the molecule is COC(=O)c1cc(C)c(O)c(C)c1.Cc1cc(C(=O)O)cc(C)c1C. The maximum Gasteiger partial charge on any atom is 0.337 e. The lowest BCUT2D eigenvalue weighted by molar-refractivity contribution is 0.0599. The molecule has 0 bridgehead atoms. The Labute approximate surface area is 147 Å². The molecule has 2 aromatic rings. The van der Waals surface area contributed by atoms with Crippen LogP contribution in [0.3, 0.4) is 0 Å². The van der Waals surface area contributed by atoms with Crippen LogP contribution in [0.4, 0.5) is 0 Å². The molecule has 0 aliphatic rings. The van der Waals surface area contributed by atoms with Gasteiger partial charge in [-0.1, -0.05) is 0 Å². The third-order valence-corrected chi connectivity index (χ3v) is 4.09. The van der Waals surface area contributed by atoms with Gasteiger partial charge in [-0.25, -0.2) is 9.59 Å². The Balaban J connectivity index is 0.000000251. The Hall–Kier alpha value is -2.82. The summed E-state index contributed by atoms with van der Waals surface area (Å²) in [5.74, 6) is -1.01. The molecule has 0 unspecified atom stereocenters. The Bertz CT molecular complexity index is 760. The second kappa shape index (κ2) is 8.33. The third-order valence-electron chi connectivity index (χ3n) is 4.09. The highest BCUT2D eigenvalue weighted by molar-refractivity contribution is 5.90. The maximum atomic E-state index is 11.1. The van der Waals surface area contributed by atoms with Gasteiger partial charge in [-0.05, 0) is 86.7 Å². The molecule has 0 aliphatic heterocycles. The van der Waals surface area contributed by atoms with Gasteiger partial charge >= 0.3 is 11.9 Å². The summed E-state index contributed by atoms with van der Waals surface area (Å²) in [5.41, 5.74) is 5.44.